The summed E-state index contributed by atoms with van der Waals surface area (Å²) in [4.78, 5) is 14.9. The first-order valence-electron chi connectivity index (χ1n) is 9.13. The van der Waals surface area contributed by atoms with Gasteiger partial charge in [0.25, 0.3) is 0 Å². The van der Waals surface area contributed by atoms with Gasteiger partial charge in [-0.1, -0.05) is 6.92 Å². The maximum atomic E-state index is 12.5. The third-order valence-corrected chi connectivity index (χ3v) is 5.06. The fourth-order valence-corrected chi connectivity index (χ4v) is 3.30. The monoisotopic (exact) mass is 344 g/mol. The number of furan rings is 1. The number of rotatable bonds is 6. The average molecular weight is 344 g/mol. The summed E-state index contributed by atoms with van der Waals surface area (Å²) in [5, 5.41) is 4.22. The number of morpholine rings is 1. The first kappa shape index (κ1) is 18.0. The van der Waals surface area contributed by atoms with E-state index >= 15 is 0 Å². The van der Waals surface area contributed by atoms with Gasteiger partial charge in [-0.3, -0.25) is 9.69 Å². The smallest absolute Gasteiger partial charge is 0.224 e. The summed E-state index contributed by atoms with van der Waals surface area (Å²) in [6.45, 7) is 10.6. The molecule has 25 heavy (non-hydrogen) atoms. The minimum Gasteiger partial charge on any atom is -0.464 e. The molecule has 2 aromatic rings. The molecule has 1 aliphatic rings. The Morgan fingerprint density at radius 1 is 1.24 bits per heavy atom. The quantitative estimate of drug-likeness (QED) is 0.875. The van der Waals surface area contributed by atoms with Gasteiger partial charge in [-0.2, -0.15) is 0 Å². The number of hydrogen-bond acceptors (Lipinski definition) is 4. The molecule has 1 atom stereocenters. The van der Waals surface area contributed by atoms with Crippen LogP contribution in [0.2, 0.25) is 0 Å². The van der Waals surface area contributed by atoms with Crippen molar-refractivity contribution in [2.75, 3.05) is 32.8 Å². The predicted molar refractivity (Wildman–Crippen MR) is 98.9 cm³/mol. The van der Waals surface area contributed by atoms with Crippen LogP contribution in [0, 0.1) is 13.8 Å². The molecule has 0 spiro atoms. The van der Waals surface area contributed by atoms with Crippen LogP contribution in [0.5, 0.6) is 0 Å². The van der Waals surface area contributed by atoms with Gasteiger partial charge in [0.2, 0.25) is 5.91 Å². The second-order valence-electron chi connectivity index (χ2n) is 6.96. The van der Waals surface area contributed by atoms with Gasteiger partial charge in [0.05, 0.1) is 25.9 Å². The molecule has 1 amide bonds. The lowest BCUT2D eigenvalue weighted by Crippen LogP contribution is -2.47. The number of nitrogens with zero attached hydrogens (tertiary/aromatic N) is 1. The van der Waals surface area contributed by atoms with Crippen molar-refractivity contribution >= 4 is 16.9 Å². The SMILES string of the molecule is CC[C@H](CN1CCOCC1)NC(=O)Cc1coc2cc(C)c(C)cc12. The highest BCUT2D eigenvalue weighted by Gasteiger charge is 2.18. The van der Waals surface area contributed by atoms with E-state index in [-0.39, 0.29) is 11.9 Å². The molecule has 0 saturated carbocycles. The molecule has 0 bridgehead atoms. The second-order valence-corrected chi connectivity index (χ2v) is 6.96. The molecule has 0 aliphatic carbocycles. The van der Waals surface area contributed by atoms with Crippen LogP contribution in [-0.4, -0.2) is 49.7 Å². The molecule has 1 saturated heterocycles. The summed E-state index contributed by atoms with van der Waals surface area (Å²) in [7, 11) is 0. The largest absolute Gasteiger partial charge is 0.464 e. The van der Waals surface area contributed by atoms with Gasteiger partial charge in [-0.15, -0.1) is 0 Å². The fourth-order valence-electron chi connectivity index (χ4n) is 3.30. The highest BCUT2D eigenvalue weighted by molar-refractivity contribution is 5.88. The van der Waals surface area contributed by atoms with E-state index in [1.807, 2.05) is 6.07 Å². The molecule has 1 fully saturated rings. The maximum absolute atomic E-state index is 12.5. The van der Waals surface area contributed by atoms with E-state index in [1.165, 1.54) is 11.1 Å². The number of fused-ring (bicyclic) bond motifs is 1. The molecule has 5 heteroatoms. The Morgan fingerprint density at radius 3 is 2.68 bits per heavy atom. The van der Waals surface area contributed by atoms with Crippen molar-refractivity contribution < 1.29 is 13.9 Å². The van der Waals surface area contributed by atoms with Gasteiger partial charge in [0, 0.05) is 36.6 Å². The van der Waals surface area contributed by atoms with Crippen LogP contribution in [-0.2, 0) is 16.0 Å². The Balaban J connectivity index is 1.62. The molecule has 0 radical (unpaired) electrons. The summed E-state index contributed by atoms with van der Waals surface area (Å²) < 4.78 is 11.0. The Hall–Kier alpha value is -1.85. The van der Waals surface area contributed by atoms with Crippen molar-refractivity contribution in [3.63, 3.8) is 0 Å². The maximum Gasteiger partial charge on any atom is 0.224 e. The normalized spacial score (nSPS) is 16.9. The van der Waals surface area contributed by atoms with Crippen LogP contribution < -0.4 is 5.32 Å². The van der Waals surface area contributed by atoms with Crippen LogP contribution in [0.3, 0.4) is 0 Å². The molecule has 3 rings (SSSR count). The highest BCUT2D eigenvalue weighted by atomic mass is 16.5. The summed E-state index contributed by atoms with van der Waals surface area (Å²) in [5.74, 6) is 0.0565. The summed E-state index contributed by atoms with van der Waals surface area (Å²) in [5.41, 5.74) is 4.23. The number of aryl methyl sites for hydroxylation is 2. The molecule has 1 aromatic heterocycles. The van der Waals surface area contributed by atoms with Gasteiger partial charge in [-0.25, -0.2) is 0 Å². The van der Waals surface area contributed by atoms with Crippen LogP contribution in [0.4, 0.5) is 0 Å². The van der Waals surface area contributed by atoms with Crippen LogP contribution >= 0.6 is 0 Å². The molecular weight excluding hydrogens is 316 g/mol. The molecule has 2 heterocycles. The molecule has 1 N–H and O–H groups in total. The van der Waals surface area contributed by atoms with E-state index in [0.29, 0.717) is 6.42 Å². The van der Waals surface area contributed by atoms with Crippen molar-refractivity contribution in [1.29, 1.82) is 0 Å². The number of amides is 1. The number of nitrogens with one attached hydrogen (secondary N) is 1. The minimum absolute atomic E-state index is 0.0565. The first-order valence-corrected chi connectivity index (χ1v) is 9.13. The predicted octanol–water partition coefficient (Wildman–Crippen LogP) is 2.82. The van der Waals surface area contributed by atoms with Crippen molar-refractivity contribution in [2.24, 2.45) is 0 Å². The number of ether oxygens (including phenoxy) is 1. The summed E-state index contributed by atoms with van der Waals surface area (Å²) >= 11 is 0. The number of benzene rings is 1. The van der Waals surface area contributed by atoms with Crippen LogP contribution in [0.25, 0.3) is 11.0 Å². The summed E-state index contributed by atoms with van der Waals surface area (Å²) in [6, 6.07) is 4.33. The van der Waals surface area contributed by atoms with Gasteiger partial charge < -0.3 is 14.5 Å². The van der Waals surface area contributed by atoms with E-state index < -0.39 is 0 Å². The standard InChI is InChI=1S/C20H28N2O3/c1-4-17(12-22-5-7-24-8-6-22)21-20(23)11-16-13-25-19-10-15(3)14(2)9-18(16)19/h9-10,13,17H,4-8,11-12H2,1-3H3,(H,21,23)/t17-/m1/s1. The molecular formula is C20H28N2O3. The Bertz CT molecular complexity index is 732. The second kappa shape index (κ2) is 8.02. The van der Waals surface area contributed by atoms with Crippen molar-refractivity contribution in [3.8, 4) is 0 Å². The fraction of sp³-hybridized carbons (Fsp3) is 0.550. The van der Waals surface area contributed by atoms with E-state index in [0.717, 1.165) is 55.8 Å². The van der Waals surface area contributed by atoms with Crippen molar-refractivity contribution in [1.82, 2.24) is 10.2 Å². The Morgan fingerprint density at radius 2 is 1.96 bits per heavy atom. The lowest BCUT2D eigenvalue weighted by atomic mass is 10.0. The van der Waals surface area contributed by atoms with Gasteiger partial charge in [0.15, 0.2) is 0 Å². The molecule has 1 aromatic carbocycles. The van der Waals surface area contributed by atoms with E-state index in [4.69, 9.17) is 9.15 Å². The van der Waals surface area contributed by atoms with E-state index in [2.05, 4.69) is 37.1 Å². The zero-order valence-electron chi connectivity index (χ0n) is 15.4. The summed E-state index contributed by atoms with van der Waals surface area (Å²) in [6.07, 6.45) is 2.99. The van der Waals surface area contributed by atoms with Gasteiger partial charge in [-0.05, 0) is 43.5 Å². The number of carbonyl (C=O) groups excluding carboxylic acids is 1. The van der Waals surface area contributed by atoms with Gasteiger partial charge >= 0.3 is 0 Å². The molecule has 136 valence electrons. The van der Waals surface area contributed by atoms with Crippen molar-refractivity contribution in [3.05, 3.63) is 35.1 Å². The Kier molecular flexibility index (Phi) is 5.76. The number of carbonyl (C=O) groups is 1. The lowest BCUT2D eigenvalue weighted by Gasteiger charge is -2.30. The molecule has 0 unspecified atom stereocenters. The minimum atomic E-state index is 0.0565. The Labute approximate surface area is 149 Å². The third-order valence-electron chi connectivity index (χ3n) is 5.06. The third kappa shape index (κ3) is 4.41. The molecule has 1 aliphatic heterocycles. The zero-order valence-corrected chi connectivity index (χ0v) is 15.4. The highest BCUT2D eigenvalue weighted by Crippen LogP contribution is 2.25. The average Bonchev–Trinajstić information content (AvgIpc) is 2.97. The number of hydrogen-bond donors (Lipinski definition) is 1. The van der Waals surface area contributed by atoms with E-state index in [9.17, 15) is 4.79 Å². The zero-order chi connectivity index (χ0) is 17.8. The van der Waals surface area contributed by atoms with Crippen molar-refractivity contribution in [2.45, 2.75) is 39.7 Å². The first-order chi connectivity index (χ1) is 12.1. The topological polar surface area (TPSA) is 54.7 Å². The van der Waals surface area contributed by atoms with Crippen LogP contribution in [0.15, 0.2) is 22.8 Å². The lowest BCUT2D eigenvalue weighted by molar-refractivity contribution is -0.121. The van der Waals surface area contributed by atoms with E-state index in [1.54, 1.807) is 6.26 Å². The molecule has 5 nitrogen and oxygen atoms in total. The van der Waals surface area contributed by atoms with Gasteiger partial charge in [0.1, 0.15) is 5.58 Å². The van der Waals surface area contributed by atoms with Crippen LogP contribution in [0.1, 0.15) is 30.0 Å².